The molecule has 0 radical (unpaired) electrons. The highest BCUT2D eigenvalue weighted by Crippen LogP contribution is 2.36. The first-order valence-corrected chi connectivity index (χ1v) is 17.2. The third-order valence-electron chi connectivity index (χ3n) is 7.86. The van der Waals surface area contributed by atoms with Crippen molar-refractivity contribution in [2.24, 2.45) is 10.5 Å². The number of anilines is 1. The van der Waals surface area contributed by atoms with E-state index >= 15 is 0 Å². The van der Waals surface area contributed by atoms with Crippen molar-refractivity contribution in [2.45, 2.75) is 33.4 Å². The molecule has 52 heavy (non-hydrogen) atoms. The van der Waals surface area contributed by atoms with Crippen LogP contribution in [-0.4, -0.2) is 69.3 Å². The second-order valence-electron chi connectivity index (χ2n) is 11.7. The van der Waals surface area contributed by atoms with Gasteiger partial charge in [0, 0.05) is 34.7 Å². The first-order valence-electron chi connectivity index (χ1n) is 15.7. The van der Waals surface area contributed by atoms with Gasteiger partial charge < -0.3 is 15.0 Å². The molecule has 0 fully saturated rings. The molecule has 3 amide bonds. The number of carbonyl (C=O) groups excluding carboxylic acids is 3. The zero-order valence-electron chi connectivity index (χ0n) is 28.1. The van der Waals surface area contributed by atoms with Gasteiger partial charge in [0.25, 0.3) is 0 Å². The molecule has 276 valence electrons. The first-order chi connectivity index (χ1) is 24.5. The van der Waals surface area contributed by atoms with Crippen LogP contribution in [0.1, 0.15) is 38.3 Å². The number of nitrogens with one attached hydrogen (secondary N) is 1. The highest BCUT2D eigenvalue weighted by atomic mass is 35.5. The van der Waals surface area contributed by atoms with E-state index in [-0.39, 0.29) is 30.7 Å². The zero-order chi connectivity index (χ0) is 38.2. The lowest BCUT2D eigenvalue weighted by atomic mass is 9.79. The Morgan fingerprint density at radius 3 is 2.13 bits per heavy atom. The monoisotopic (exact) mass is 798 g/mol. The van der Waals surface area contributed by atoms with Gasteiger partial charge in [0.1, 0.15) is 18.7 Å². The zero-order valence-corrected chi connectivity index (χ0v) is 31.1. The number of amides is 3. The summed E-state index contributed by atoms with van der Waals surface area (Å²) in [6, 6.07) is 13.1. The number of hydrogen-bond donors (Lipinski definition) is 1. The van der Waals surface area contributed by atoms with Gasteiger partial charge in [-0.2, -0.15) is 18.3 Å². The summed E-state index contributed by atoms with van der Waals surface area (Å²) >= 11 is 23.9. The number of halogens is 7. The van der Waals surface area contributed by atoms with Crippen molar-refractivity contribution in [1.82, 2.24) is 19.5 Å². The number of imidazole rings is 1. The van der Waals surface area contributed by atoms with Crippen molar-refractivity contribution in [1.29, 1.82) is 0 Å². The van der Waals surface area contributed by atoms with E-state index in [0.717, 1.165) is 35.7 Å². The molecule has 1 aliphatic heterocycles. The second kappa shape index (κ2) is 17.5. The Morgan fingerprint density at radius 1 is 0.962 bits per heavy atom. The summed E-state index contributed by atoms with van der Waals surface area (Å²) in [6.07, 6.45) is 1.02. The molecule has 1 N–H and O–H groups in total. The lowest BCUT2D eigenvalue weighted by Crippen LogP contribution is -2.40. The van der Waals surface area contributed by atoms with Crippen LogP contribution in [-0.2, 0) is 11.0 Å². The summed E-state index contributed by atoms with van der Waals surface area (Å²) in [5.41, 5.74) is -0.585. The summed E-state index contributed by atoms with van der Waals surface area (Å²) in [4.78, 5) is 42.8. The number of alkyl halides is 3. The molecular weight excluding hydrogens is 767 g/mol. The van der Waals surface area contributed by atoms with Crippen molar-refractivity contribution in [3.8, 4) is 5.75 Å². The minimum absolute atomic E-state index is 0.00671. The van der Waals surface area contributed by atoms with Gasteiger partial charge in [0.15, 0.2) is 5.75 Å². The van der Waals surface area contributed by atoms with E-state index < -0.39 is 23.2 Å². The Kier molecular flexibility index (Phi) is 13.6. The normalized spacial score (nSPS) is 15.3. The predicted molar refractivity (Wildman–Crippen MR) is 196 cm³/mol. The Hall–Kier alpha value is -4.30. The van der Waals surface area contributed by atoms with Gasteiger partial charge in [0.2, 0.25) is 0 Å². The number of carbonyl (C=O) groups is 3. The SMILES string of the molecule is CC(=O)C1(C)CN(C(=O)Nc2ccc(C(F)(F)F)cc2)N=C1c1ccc(Cl)cc1.CCCN(CCOc1c(Cl)cc(Cl)cc1Cl)C(=O)n1ccnc1. The average molecular weight is 800 g/mol. The van der Waals surface area contributed by atoms with Crippen molar-refractivity contribution in [3.63, 3.8) is 0 Å². The molecule has 17 heteroatoms. The number of ketones is 1. The van der Waals surface area contributed by atoms with Gasteiger partial charge in [-0.05, 0) is 74.4 Å². The maximum atomic E-state index is 12.7. The fourth-order valence-corrected chi connectivity index (χ4v) is 6.04. The predicted octanol–water partition coefficient (Wildman–Crippen LogP) is 9.81. The van der Waals surface area contributed by atoms with Gasteiger partial charge >= 0.3 is 18.2 Å². The van der Waals surface area contributed by atoms with E-state index in [1.807, 2.05) is 6.92 Å². The van der Waals surface area contributed by atoms with E-state index in [1.54, 1.807) is 60.6 Å². The lowest BCUT2D eigenvalue weighted by Gasteiger charge is -2.23. The highest BCUT2D eigenvalue weighted by molar-refractivity contribution is 6.40. The molecule has 0 spiro atoms. The number of benzene rings is 3. The Morgan fingerprint density at radius 2 is 1.60 bits per heavy atom. The van der Waals surface area contributed by atoms with E-state index in [0.29, 0.717) is 50.2 Å². The fraction of sp³-hybridized carbons (Fsp3) is 0.286. The van der Waals surface area contributed by atoms with E-state index in [9.17, 15) is 27.6 Å². The van der Waals surface area contributed by atoms with Gasteiger partial charge in [-0.15, -0.1) is 0 Å². The van der Waals surface area contributed by atoms with Crippen molar-refractivity contribution in [2.75, 3.05) is 31.6 Å². The summed E-state index contributed by atoms with van der Waals surface area (Å²) < 4.78 is 45.0. The summed E-state index contributed by atoms with van der Waals surface area (Å²) in [6.45, 7) is 6.40. The Balaban J connectivity index is 0.000000239. The number of aromatic nitrogens is 2. The number of ether oxygens (including phenoxy) is 1. The fourth-order valence-electron chi connectivity index (χ4n) is 4.98. The molecule has 10 nitrogen and oxygen atoms in total. The number of rotatable bonds is 9. The molecule has 2 heterocycles. The lowest BCUT2D eigenvalue weighted by molar-refractivity contribution is -0.137. The van der Waals surface area contributed by atoms with Crippen LogP contribution in [0, 0.1) is 5.41 Å². The minimum Gasteiger partial charge on any atom is -0.489 e. The number of Topliss-reactive ketones (excluding diaryl/α,β-unsaturated/α-hetero) is 1. The third kappa shape index (κ3) is 10.2. The van der Waals surface area contributed by atoms with Crippen LogP contribution in [0.2, 0.25) is 20.1 Å². The molecule has 0 saturated carbocycles. The standard InChI is InChI=1S/C20H17ClF3N3O2.C15H16Cl3N3O2/c1-12(28)19(2)11-27(26-17(19)13-3-7-15(21)8-4-13)18(29)25-16-9-5-14(6-10-16)20(22,23)24;1-2-4-20(15(22)21-5-3-19-10-21)6-7-23-14-12(17)8-11(16)9-13(14)18/h3-10H,11H2,1-2H3,(H,25,29);3,5,8-10H,2,4,6-7H2,1H3. The van der Waals surface area contributed by atoms with Gasteiger partial charge in [-0.1, -0.05) is 65.5 Å². The molecule has 0 saturated heterocycles. The van der Waals surface area contributed by atoms with Crippen LogP contribution in [0.5, 0.6) is 5.75 Å². The van der Waals surface area contributed by atoms with Gasteiger partial charge in [-0.3, -0.25) is 9.36 Å². The van der Waals surface area contributed by atoms with Crippen LogP contribution >= 0.6 is 46.4 Å². The topological polar surface area (TPSA) is 109 Å². The maximum Gasteiger partial charge on any atom is 0.416 e. The summed E-state index contributed by atoms with van der Waals surface area (Å²) in [7, 11) is 0. The first kappa shape index (κ1) is 40.5. The number of nitrogens with zero attached hydrogens (tertiary/aromatic N) is 5. The third-order valence-corrected chi connectivity index (χ3v) is 8.89. The van der Waals surface area contributed by atoms with Crippen molar-refractivity contribution in [3.05, 3.63) is 111 Å². The molecule has 5 rings (SSSR count). The molecule has 3 aromatic carbocycles. The van der Waals surface area contributed by atoms with E-state index in [2.05, 4.69) is 15.4 Å². The molecule has 4 aromatic rings. The van der Waals surface area contributed by atoms with Gasteiger partial charge in [0.05, 0.1) is 39.8 Å². The smallest absolute Gasteiger partial charge is 0.416 e. The number of hydrazone groups is 1. The molecule has 1 atom stereocenters. The molecule has 0 bridgehead atoms. The number of urea groups is 1. The second-order valence-corrected chi connectivity index (χ2v) is 13.4. The van der Waals surface area contributed by atoms with Crippen molar-refractivity contribution >= 4 is 75.6 Å². The average Bonchev–Trinajstić information content (AvgIpc) is 3.75. The van der Waals surface area contributed by atoms with Gasteiger partial charge in [-0.25, -0.2) is 19.6 Å². The van der Waals surface area contributed by atoms with E-state index in [1.165, 1.54) is 17.8 Å². The molecule has 1 aromatic heterocycles. The van der Waals surface area contributed by atoms with Crippen LogP contribution in [0.4, 0.5) is 28.4 Å². The Bertz CT molecular complexity index is 1890. The summed E-state index contributed by atoms with van der Waals surface area (Å²) in [5.74, 6) is 0.195. The largest absolute Gasteiger partial charge is 0.489 e. The highest BCUT2D eigenvalue weighted by Gasteiger charge is 2.45. The Labute approximate surface area is 318 Å². The molecule has 0 aliphatic carbocycles. The van der Waals surface area contributed by atoms with Crippen LogP contribution in [0.3, 0.4) is 0 Å². The summed E-state index contributed by atoms with van der Waals surface area (Å²) in [5, 5.41) is 9.55. The maximum absolute atomic E-state index is 12.7. The molecule has 1 aliphatic rings. The molecular formula is C35H33Cl4F3N6O4. The quantitative estimate of drug-likeness (QED) is 0.181. The van der Waals surface area contributed by atoms with E-state index in [4.69, 9.17) is 51.1 Å². The van der Waals surface area contributed by atoms with Crippen LogP contribution in [0.15, 0.2) is 84.5 Å². The van der Waals surface area contributed by atoms with Crippen LogP contribution < -0.4 is 10.1 Å². The van der Waals surface area contributed by atoms with Crippen LogP contribution in [0.25, 0.3) is 0 Å². The van der Waals surface area contributed by atoms with Crippen molar-refractivity contribution < 1.29 is 32.3 Å². The number of hydrogen-bond acceptors (Lipinski definition) is 6. The minimum atomic E-state index is -4.46. The molecule has 1 unspecified atom stereocenters.